The Morgan fingerprint density at radius 1 is 1.62 bits per heavy atom. The number of carbonyl (C=O) groups excluding carboxylic acids is 2. The largest absolute Gasteiger partial charge is 0.377 e. The lowest BCUT2D eigenvalue weighted by molar-refractivity contribution is -0.149. The first-order valence-electron chi connectivity index (χ1n) is 5.47. The van der Waals surface area contributed by atoms with Gasteiger partial charge in [0, 0.05) is 13.6 Å². The average Bonchev–Trinajstić information content (AvgIpc) is 2.35. The molecule has 0 radical (unpaired) electrons. The SMILES string of the molecule is CC[C@@H](N)C(=O)N1CCOCC1C(=O)NC. The van der Waals surface area contributed by atoms with Crippen molar-refractivity contribution in [1.82, 2.24) is 10.2 Å². The highest BCUT2D eigenvalue weighted by Gasteiger charge is 2.33. The fourth-order valence-corrected chi connectivity index (χ4v) is 1.64. The van der Waals surface area contributed by atoms with E-state index in [2.05, 4.69) is 5.32 Å². The van der Waals surface area contributed by atoms with Crippen LogP contribution in [0.15, 0.2) is 0 Å². The van der Waals surface area contributed by atoms with E-state index in [1.54, 1.807) is 7.05 Å². The van der Waals surface area contributed by atoms with Crippen molar-refractivity contribution in [1.29, 1.82) is 0 Å². The minimum Gasteiger partial charge on any atom is -0.377 e. The van der Waals surface area contributed by atoms with E-state index in [0.717, 1.165) is 0 Å². The number of nitrogens with one attached hydrogen (secondary N) is 1. The van der Waals surface area contributed by atoms with Gasteiger partial charge in [-0.3, -0.25) is 9.59 Å². The molecule has 0 spiro atoms. The van der Waals surface area contributed by atoms with Crippen LogP contribution in [0.25, 0.3) is 0 Å². The topological polar surface area (TPSA) is 84.7 Å². The van der Waals surface area contributed by atoms with Gasteiger partial charge in [-0.2, -0.15) is 0 Å². The van der Waals surface area contributed by atoms with Crippen molar-refractivity contribution in [3.8, 4) is 0 Å². The molecule has 1 aliphatic rings. The van der Waals surface area contributed by atoms with E-state index in [9.17, 15) is 9.59 Å². The molecule has 1 fully saturated rings. The van der Waals surface area contributed by atoms with E-state index in [-0.39, 0.29) is 18.4 Å². The number of nitrogens with two attached hydrogens (primary N) is 1. The van der Waals surface area contributed by atoms with Gasteiger partial charge in [0.25, 0.3) is 0 Å². The fourth-order valence-electron chi connectivity index (χ4n) is 1.64. The molecule has 2 amide bonds. The summed E-state index contributed by atoms with van der Waals surface area (Å²) >= 11 is 0. The van der Waals surface area contributed by atoms with Crippen molar-refractivity contribution < 1.29 is 14.3 Å². The van der Waals surface area contributed by atoms with Gasteiger partial charge in [0.1, 0.15) is 6.04 Å². The summed E-state index contributed by atoms with van der Waals surface area (Å²) in [6.45, 7) is 2.96. The monoisotopic (exact) mass is 229 g/mol. The highest BCUT2D eigenvalue weighted by molar-refractivity contribution is 5.89. The summed E-state index contributed by atoms with van der Waals surface area (Å²) in [5.74, 6) is -0.393. The lowest BCUT2D eigenvalue weighted by Crippen LogP contribution is -2.58. The number of morpholine rings is 1. The standard InChI is InChI=1S/C10H19N3O3/c1-3-7(11)10(15)13-4-5-16-6-8(13)9(14)12-2/h7-8H,3-6,11H2,1-2H3,(H,12,14)/t7-,8?/m1/s1. The molecular formula is C10H19N3O3. The number of likely N-dealkylation sites (N-methyl/N-ethyl adjacent to an activating group) is 1. The Morgan fingerprint density at radius 3 is 2.88 bits per heavy atom. The van der Waals surface area contributed by atoms with E-state index in [0.29, 0.717) is 19.6 Å². The fraction of sp³-hybridized carbons (Fsp3) is 0.800. The van der Waals surface area contributed by atoms with Crippen LogP contribution >= 0.6 is 0 Å². The van der Waals surface area contributed by atoms with E-state index in [1.165, 1.54) is 4.90 Å². The van der Waals surface area contributed by atoms with Gasteiger partial charge >= 0.3 is 0 Å². The maximum Gasteiger partial charge on any atom is 0.244 e. The molecule has 0 aliphatic carbocycles. The molecule has 1 unspecified atom stereocenters. The van der Waals surface area contributed by atoms with Gasteiger partial charge in [0.2, 0.25) is 11.8 Å². The number of ether oxygens (including phenoxy) is 1. The van der Waals surface area contributed by atoms with Crippen molar-refractivity contribution in [2.45, 2.75) is 25.4 Å². The second-order valence-corrected chi connectivity index (χ2v) is 3.75. The van der Waals surface area contributed by atoms with Crippen molar-refractivity contribution in [3.05, 3.63) is 0 Å². The van der Waals surface area contributed by atoms with Crippen molar-refractivity contribution >= 4 is 11.8 Å². The summed E-state index contributed by atoms with van der Waals surface area (Å²) in [6.07, 6.45) is 0.566. The smallest absolute Gasteiger partial charge is 0.244 e. The normalized spacial score (nSPS) is 22.7. The summed E-state index contributed by atoms with van der Waals surface area (Å²) in [6, 6.07) is -1.09. The number of hydrogen-bond donors (Lipinski definition) is 2. The number of carbonyl (C=O) groups is 2. The zero-order chi connectivity index (χ0) is 12.1. The van der Waals surface area contributed by atoms with Crippen LogP contribution < -0.4 is 11.1 Å². The van der Waals surface area contributed by atoms with Gasteiger partial charge in [-0.05, 0) is 6.42 Å². The van der Waals surface area contributed by atoms with Crippen LogP contribution in [-0.2, 0) is 14.3 Å². The molecule has 1 rings (SSSR count). The molecule has 6 heteroatoms. The molecule has 6 nitrogen and oxygen atoms in total. The van der Waals surface area contributed by atoms with Crippen LogP contribution in [0, 0.1) is 0 Å². The van der Waals surface area contributed by atoms with E-state index >= 15 is 0 Å². The third-order valence-corrected chi connectivity index (χ3v) is 2.72. The number of nitrogens with zero attached hydrogens (tertiary/aromatic N) is 1. The summed E-state index contributed by atoms with van der Waals surface area (Å²) in [7, 11) is 1.54. The Bertz CT molecular complexity index is 270. The van der Waals surface area contributed by atoms with Crippen LogP contribution in [0.2, 0.25) is 0 Å². The zero-order valence-corrected chi connectivity index (χ0v) is 9.73. The lowest BCUT2D eigenvalue weighted by Gasteiger charge is -2.35. The Kier molecular flexibility index (Phi) is 4.70. The molecule has 16 heavy (non-hydrogen) atoms. The molecule has 0 aromatic heterocycles. The number of amides is 2. The van der Waals surface area contributed by atoms with Crippen molar-refractivity contribution in [2.75, 3.05) is 26.8 Å². The quantitative estimate of drug-likeness (QED) is 0.630. The molecule has 0 saturated carbocycles. The van der Waals surface area contributed by atoms with Gasteiger partial charge in [-0.15, -0.1) is 0 Å². The highest BCUT2D eigenvalue weighted by Crippen LogP contribution is 2.09. The third kappa shape index (κ3) is 2.70. The van der Waals surface area contributed by atoms with Crippen molar-refractivity contribution in [3.63, 3.8) is 0 Å². The van der Waals surface area contributed by atoms with Crippen LogP contribution in [0.4, 0.5) is 0 Å². The maximum atomic E-state index is 11.9. The van der Waals surface area contributed by atoms with Gasteiger partial charge in [-0.25, -0.2) is 0 Å². The minimum absolute atomic E-state index is 0.181. The predicted molar refractivity (Wildman–Crippen MR) is 58.7 cm³/mol. The molecule has 92 valence electrons. The van der Waals surface area contributed by atoms with Crippen LogP contribution in [0.5, 0.6) is 0 Å². The lowest BCUT2D eigenvalue weighted by atomic mass is 10.1. The first-order valence-corrected chi connectivity index (χ1v) is 5.47. The summed E-state index contributed by atoms with van der Waals surface area (Å²) < 4.78 is 5.20. The van der Waals surface area contributed by atoms with Crippen LogP contribution in [0.3, 0.4) is 0 Å². The highest BCUT2D eigenvalue weighted by atomic mass is 16.5. The molecule has 1 saturated heterocycles. The second-order valence-electron chi connectivity index (χ2n) is 3.75. The van der Waals surface area contributed by atoms with Crippen LogP contribution in [0.1, 0.15) is 13.3 Å². The van der Waals surface area contributed by atoms with Gasteiger partial charge in [-0.1, -0.05) is 6.92 Å². The van der Waals surface area contributed by atoms with Gasteiger partial charge in [0.05, 0.1) is 19.3 Å². The summed E-state index contributed by atoms with van der Waals surface area (Å²) in [5, 5.41) is 2.52. The second kappa shape index (κ2) is 5.81. The maximum absolute atomic E-state index is 11.9. The Hall–Kier alpha value is -1.14. The average molecular weight is 229 g/mol. The molecule has 3 N–H and O–H groups in total. The molecule has 0 aromatic rings. The Labute approximate surface area is 95.1 Å². The first-order chi connectivity index (χ1) is 7.61. The molecule has 1 aliphatic heterocycles. The molecular weight excluding hydrogens is 210 g/mol. The van der Waals surface area contributed by atoms with E-state index in [4.69, 9.17) is 10.5 Å². The molecule has 0 bridgehead atoms. The Balaban J connectivity index is 2.73. The van der Waals surface area contributed by atoms with Crippen LogP contribution in [-0.4, -0.2) is 55.6 Å². The number of rotatable bonds is 3. The summed E-state index contributed by atoms with van der Waals surface area (Å²) in [5.41, 5.74) is 5.69. The zero-order valence-electron chi connectivity index (χ0n) is 9.73. The van der Waals surface area contributed by atoms with E-state index < -0.39 is 12.1 Å². The predicted octanol–water partition coefficient (Wildman–Crippen LogP) is -1.30. The Morgan fingerprint density at radius 2 is 2.31 bits per heavy atom. The molecule has 0 aromatic carbocycles. The number of hydrogen-bond acceptors (Lipinski definition) is 4. The first kappa shape index (κ1) is 12.9. The van der Waals surface area contributed by atoms with Gasteiger partial charge in [0.15, 0.2) is 0 Å². The third-order valence-electron chi connectivity index (χ3n) is 2.72. The van der Waals surface area contributed by atoms with Crippen molar-refractivity contribution in [2.24, 2.45) is 5.73 Å². The van der Waals surface area contributed by atoms with Gasteiger partial charge < -0.3 is 20.7 Å². The molecule has 2 atom stereocenters. The summed E-state index contributed by atoms with van der Waals surface area (Å²) in [4.78, 5) is 25.0. The molecule has 1 heterocycles. The minimum atomic E-state index is -0.552. The van der Waals surface area contributed by atoms with E-state index in [1.807, 2.05) is 6.92 Å².